The van der Waals surface area contributed by atoms with E-state index in [2.05, 4.69) is 25.2 Å². The molecule has 1 aliphatic heterocycles. The third-order valence-corrected chi connectivity index (χ3v) is 4.47. The van der Waals surface area contributed by atoms with Crippen LogP contribution in [0.5, 0.6) is 5.75 Å². The number of ether oxygens (including phenoxy) is 1. The van der Waals surface area contributed by atoms with Crippen molar-refractivity contribution >= 4 is 6.03 Å². The molecule has 0 bridgehead atoms. The number of hydrogen-bond donors (Lipinski definition) is 2. The molecule has 0 unspecified atom stereocenters. The molecule has 2 amide bonds. The van der Waals surface area contributed by atoms with Gasteiger partial charge in [-0.15, -0.1) is 13.2 Å². The van der Waals surface area contributed by atoms with Crippen LogP contribution in [0.1, 0.15) is 23.1 Å². The third kappa shape index (κ3) is 4.90. The number of carbonyl (C=O) groups is 1. The number of aromatic amines is 1. The summed E-state index contributed by atoms with van der Waals surface area (Å²) in [5.41, 5.74) is 0.602. The molecule has 28 heavy (non-hydrogen) atoms. The molecule has 0 saturated carbocycles. The van der Waals surface area contributed by atoms with Crippen LogP contribution in [-0.4, -0.2) is 52.2 Å². The van der Waals surface area contributed by atoms with Gasteiger partial charge < -0.3 is 15.0 Å². The summed E-state index contributed by atoms with van der Waals surface area (Å²) >= 11 is 0. The topological polar surface area (TPSA) is 83.1 Å². The lowest BCUT2D eigenvalue weighted by molar-refractivity contribution is -0.274. The maximum Gasteiger partial charge on any atom is 0.573 e. The summed E-state index contributed by atoms with van der Waals surface area (Å²) in [4.78, 5) is 18.1. The van der Waals surface area contributed by atoms with Gasteiger partial charge in [-0.1, -0.05) is 12.1 Å². The lowest BCUT2D eigenvalue weighted by Crippen LogP contribution is -2.38. The Morgan fingerprint density at radius 3 is 2.61 bits per heavy atom. The molecule has 1 aliphatic rings. The van der Waals surface area contributed by atoms with Gasteiger partial charge in [-0.2, -0.15) is 5.10 Å². The van der Waals surface area contributed by atoms with E-state index < -0.39 is 13.0 Å². The van der Waals surface area contributed by atoms with Crippen molar-refractivity contribution in [3.05, 3.63) is 41.5 Å². The zero-order valence-electron chi connectivity index (χ0n) is 15.0. The molecule has 2 atom stereocenters. The van der Waals surface area contributed by atoms with Gasteiger partial charge in [0.05, 0.1) is 6.67 Å². The minimum absolute atomic E-state index is 0.117. The minimum atomic E-state index is -4.75. The molecule has 11 heteroatoms. The number of rotatable bonds is 5. The van der Waals surface area contributed by atoms with E-state index in [0.29, 0.717) is 17.2 Å². The first-order valence-corrected chi connectivity index (χ1v) is 8.57. The normalized spacial score (nSPS) is 19.7. The van der Waals surface area contributed by atoms with Crippen molar-refractivity contribution in [3.63, 3.8) is 0 Å². The van der Waals surface area contributed by atoms with Crippen molar-refractivity contribution in [1.29, 1.82) is 0 Å². The number of aryl methyl sites for hydroxylation is 1. The molecular formula is C17H19F4N5O2. The van der Waals surface area contributed by atoms with Crippen molar-refractivity contribution in [3.8, 4) is 5.75 Å². The number of nitrogens with zero attached hydrogens (tertiary/aromatic N) is 3. The van der Waals surface area contributed by atoms with Crippen LogP contribution < -0.4 is 10.1 Å². The molecule has 2 N–H and O–H groups in total. The van der Waals surface area contributed by atoms with Gasteiger partial charge in [-0.25, -0.2) is 9.78 Å². The van der Waals surface area contributed by atoms with Crippen LogP contribution in [-0.2, 0) is 6.54 Å². The first-order chi connectivity index (χ1) is 13.2. The summed E-state index contributed by atoms with van der Waals surface area (Å²) < 4.78 is 53.7. The summed E-state index contributed by atoms with van der Waals surface area (Å²) in [5, 5.41) is 9.46. The van der Waals surface area contributed by atoms with E-state index in [4.69, 9.17) is 0 Å². The van der Waals surface area contributed by atoms with Crippen LogP contribution in [0.25, 0.3) is 0 Å². The van der Waals surface area contributed by atoms with E-state index >= 15 is 0 Å². The van der Waals surface area contributed by atoms with Gasteiger partial charge in [0.2, 0.25) is 0 Å². The Bertz CT molecular complexity index is 809. The number of nitrogens with one attached hydrogen (secondary N) is 2. The molecule has 1 aromatic heterocycles. The molecular weight excluding hydrogens is 382 g/mol. The summed E-state index contributed by atoms with van der Waals surface area (Å²) in [6.45, 7) is 1.79. The summed E-state index contributed by atoms with van der Waals surface area (Å²) in [6.07, 6.45) is -4.75. The van der Waals surface area contributed by atoms with Gasteiger partial charge in [-0.3, -0.25) is 9.49 Å². The number of carbonyl (C=O) groups excluding carboxylic acids is 1. The molecule has 7 nitrogen and oxygen atoms in total. The Morgan fingerprint density at radius 2 is 2.04 bits per heavy atom. The average Bonchev–Trinajstić information content (AvgIpc) is 3.25. The van der Waals surface area contributed by atoms with Crippen molar-refractivity contribution < 1.29 is 27.1 Å². The van der Waals surface area contributed by atoms with Gasteiger partial charge in [-0.05, 0) is 24.6 Å². The van der Waals surface area contributed by atoms with Crippen molar-refractivity contribution in [2.45, 2.75) is 25.7 Å². The van der Waals surface area contributed by atoms with Crippen LogP contribution in [0.3, 0.4) is 0 Å². The van der Waals surface area contributed by atoms with Gasteiger partial charge in [0.1, 0.15) is 11.6 Å². The molecule has 3 rings (SSSR count). The van der Waals surface area contributed by atoms with Gasteiger partial charge >= 0.3 is 12.4 Å². The van der Waals surface area contributed by atoms with E-state index in [-0.39, 0.29) is 43.3 Å². The number of hydrogen-bond acceptors (Lipinski definition) is 4. The highest BCUT2D eigenvalue weighted by Crippen LogP contribution is 2.31. The van der Waals surface area contributed by atoms with E-state index in [0.717, 1.165) is 0 Å². The fraction of sp³-hybridized carbons (Fsp3) is 0.471. The first-order valence-electron chi connectivity index (χ1n) is 8.57. The van der Waals surface area contributed by atoms with Gasteiger partial charge in [0.25, 0.3) is 0 Å². The lowest BCUT2D eigenvalue weighted by atomic mass is 9.97. The second kappa shape index (κ2) is 8.03. The second-order valence-corrected chi connectivity index (χ2v) is 6.56. The zero-order valence-corrected chi connectivity index (χ0v) is 15.0. The number of amides is 2. The molecule has 0 aliphatic carbocycles. The molecule has 1 saturated heterocycles. The third-order valence-electron chi connectivity index (χ3n) is 4.47. The van der Waals surface area contributed by atoms with Crippen LogP contribution in [0.2, 0.25) is 0 Å². The molecule has 2 heterocycles. The zero-order chi connectivity index (χ0) is 20.3. The largest absolute Gasteiger partial charge is 0.573 e. The van der Waals surface area contributed by atoms with E-state index in [1.807, 2.05) is 0 Å². The molecule has 1 aromatic carbocycles. The average molecular weight is 401 g/mol. The monoisotopic (exact) mass is 401 g/mol. The fourth-order valence-corrected chi connectivity index (χ4v) is 3.11. The number of H-pyrrole nitrogens is 1. The van der Waals surface area contributed by atoms with Gasteiger partial charge in [0.15, 0.2) is 5.82 Å². The highest BCUT2D eigenvalue weighted by Gasteiger charge is 2.38. The Hall–Kier alpha value is -2.85. The Morgan fingerprint density at radius 1 is 1.32 bits per heavy atom. The van der Waals surface area contributed by atoms with Crippen LogP contribution in [0.15, 0.2) is 24.3 Å². The SMILES string of the molecule is Cc1nc([C@@H]2CN(C(=O)NCc3ccc(OC(F)(F)F)cc3)C[C@H]2CF)n[nH]1. The number of urea groups is 1. The highest BCUT2D eigenvalue weighted by molar-refractivity contribution is 5.74. The predicted molar refractivity (Wildman–Crippen MR) is 90.3 cm³/mol. The Labute approximate surface area is 158 Å². The minimum Gasteiger partial charge on any atom is -0.406 e. The van der Waals surface area contributed by atoms with E-state index in [1.54, 1.807) is 6.92 Å². The Kier molecular flexibility index (Phi) is 5.71. The predicted octanol–water partition coefficient (Wildman–Crippen LogP) is 2.91. The molecule has 0 radical (unpaired) electrons. The molecule has 2 aromatic rings. The van der Waals surface area contributed by atoms with Crippen molar-refractivity contribution in [1.82, 2.24) is 25.4 Å². The van der Waals surface area contributed by atoms with E-state index in [1.165, 1.54) is 29.2 Å². The smallest absolute Gasteiger partial charge is 0.406 e. The number of aromatic nitrogens is 3. The second-order valence-electron chi connectivity index (χ2n) is 6.56. The van der Waals surface area contributed by atoms with Crippen molar-refractivity contribution in [2.75, 3.05) is 19.8 Å². The summed E-state index contributed by atoms with van der Waals surface area (Å²) in [7, 11) is 0. The summed E-state index contributed by atoms with van der Waals surface area (Å²) in [6, 6.07) is 4.81. The standard InChI is InChI=1S/C17H19F4N5O2/c1-10-23-15(25-24-10)14-9-26(8-12(14)6-18)16(27)22-7-11-2-4-13(5-3-11)28-17(19,20)21/h2-5,12,14H,6-9H2,1H3,(H,22,27)(H,23,24,25)/t12-,14-/m1/s1. The van der Waals surface area contributed by atoms with Gasteiger partial charge in [0, 0.05) is 31.5 Å². The van der Waals surface area contributed by atoms with Crippen LogP contribution >= 0.6 is 0 Å². The van der Waals surface area contributed by atoms with E-state index in [9.17, 15) is 22.4 Å². The highest BCUT2D eigenvalue weighted by atomic mass is 19.4. The number of alkyl halides is 4. The maximum atomic E-state index is 13.4. The number of benzene rings is 1. The molecule has 152 valence electrons. The fourth-order valence-electron chi connectivity index (χ4n) is 3.11. The quantitative estimate of drug-likeness (QED) is 0.755. The molecule has 1 fully saturated rings. The molecule has 0 spiro atoms. The Balaban J connectivity index is 1.55. The first kappa shape index (κ1) is 19.9. The lowest BCUT2D eigenvalue weighted by Gasteiger charge is -2.17. The maximum absolute atomic E-state index is 13.4. The number of likely N-dealkylation sites (tertiary alicyclic amines) is 1. The summed E-state index contributed by atoms with van der Waals surface area (Å²) in [5.74, 6) is 0.0842. The van der Waals surface area contributed by atoms with Crippen LogP contribution in [0.4, 0.5) is 22.4 Å². The van der Waals surface area contributed by atoms with Crippen LogP contribution in [0, 0.1) is 12.8 Å². The van der Waals surface area contributed by atoms with Crippen molar-refractivity contribution in [2.24, 2.45) is 5.92 Å². The number of halogens is 4.